The maximum Gasteiger partial charge on any atom is 0.194 e. The molecule has 0 amide bonds. The van der Waals surface area contributed by atoms with Crippen LogP contribution in [0.1, 0.15) is 17.2 Å². The molecule has 7 nitrogen and oxygen atoms in total. The Morgan fingerprint density at radius 2 is 1.90 bits per heavy atom. The van der Waals surface area contributed by atoms with E-state index in [0.717, 1.165) is 41.7 Å². The van der Waals surface area contributed by atoms with E-state index in [1.165, 1.54) is 0 Å². The van der Waals surface area contributed by atoms with Gasteiger partial charge in [-0.25, -0.2) is 0 Å². The zero-order valence-corrected chi connectivity index (χ0v) is 20.1. The van der Waals surface area contributed by atoms with Gasteiger partial charge in [-0.1, -0.05) is 30.3 Å². The Bertz CT molecular complexity index is 975. The number of halogens is 1. The first-order valence-corrected chi connectivity index (χ1v) is 10.1. The van der Waals surface area contributed by atoms with E-state index in [9.17, 15) is 0 Å². The fourth-order valence-corrected chi connectivity index (χ4v) is 3.46. The minimum atomic E-state index is 0. The van der Waals surface area contributed by atoms with Crippen LogP contribution in [0.3, 0.4) is 0 Å². The number of para-hydroxylation sites is 1. The van der Waals surface area contributed by atoms with Crippen LogP contribution in [-0.2, 0) is 18.3 Å². The van der Waals surface area contributed by atoms with Crippen molar-refractivity contribution in [1.29, 1.82) is 0 Å². The lowest BCUT2D eigenvalue weighted by Crippen LogP contribution is -2.47. The third kappa shape index (κ3) is 6.20. The largest absolute Gasteiger partial charge is 0.457 e. The molecule has 1 aliphatic heterocycles. The number of nitrogens with zero attached hydrogens (tertiary/aromatic N) is 4. The molecule has 1 fully saturated rings. The van der Waals surface area contributed by atoms with Crippen LogP contribution in [0.2, 0.25) is 0 Å². The van der Waals surface area contributed by atoms with Gasteiger partial charge < -0.3 is 19.7 Å². The summed E-state index contributed by atoms with van der Waals surface area (Å²) in [6.45, 7) is 2.90. The van der Waals surface area contributed by atoms with E-state index in [1.807, 2.05) is 69.0 Å². The van der Waals surface area contributed by atoms with Crippen LogP contribution >= 0.6 is 24.0 Å². The molecule has 3 aromatic rings. The lowest BCUT2D eigenvalue weighted by Gasteiger charge is -2.34. The zero-order chi connectivity index (χ0) is 20.8. The van der Waals surface area contributed by atoms with Crippen LogP contribution in [0.15, 0.2) is 72.0 Å². The molecule has 0 saturated carbocycles. The van der Waals surface area contributed by atoms with Gasteiger partial charge in [0.25, 0.3) is 0 Å². The lowest BCUT2D eigenvalue weighted by atomic mass is 10.1. The number of hydrogen-bond acceptors (Lipinski definition) is 4. The molecule has 0 radical (unpaired) electrons. The average molecular weight is 533 g/mol. The predicted molar refractivity (Wildman–Crippen MR) is 132 cm³/mol. The molecule has 1 aromatic heterocycles. The summed E-state index contributed by atoms with van der Waals surface area (Å²) in [7, 11) is 3.73. The number of aryl methyl sites for hydroxylation is 1. The fraction of sp³-hybridized carbons (Fsp3) is 0.304. The van der Waals surface area contributed by atoms with Gasteiger partial charge >= 0.3 is 0 Å². The highest BCUT2D eigenvalue weighted by atomic mass is 127. The van der Waals surface area contributed by atoms with Crippen molar-refractivity contribution in [3.8, 4) is 11.5 Å². The maximum atomic E-state index is 5.94. The van der Waals surface area contributed by atoms with Crippen LogP contribution in [0.5, 0.6) is 11.5 Å². The van der Waals surface area contributed by atoms with Crippen molar-refractivity contribution in [2.24, 2.45) is 12.0 Å². The number of ether oxygens (including phenoxy) is 2. The Morgan fingerprint density at radius 3 is 2.58 bits per heavy atom. The molecular formula is C23H28IN5O2. The quantitative estimate of drug-likeness (QED) is 0.306. The molecule has 1 aliphatic rings. The van der Waals surface area contributed by atoms with E-state index in [2.05, 4.69) is 32.4 Å². The molecule has 164 valence electrons. The van der Waals surface area contributed by atoms with E-state index in [0.29, 0.717) is 13.2 Å². The van der Waals surface area contributed by atoms with Crippen LogP contribution in [0.4, 0.5) is 0 Å². The first kappa shape index (κ1) is 23.1. The Kier molecular flexibility index (Phi) is 8.30. The van der Waals surface area contributed by atoms with Crippen molar-refractivity contribution in [3.63, 3.8) is 0 Å². The summed E-state index contributed by atoms with van der Waals surface area (Å²) >= 11 is 0. The Hall–Kier alpha value is -2.59. The molecule has 0 bridgehead atoms. The third-order valence-corrected chi connectivity index (χ3v) is 5.03. The SMILES string of the molecule is CN=C(NCc1ccc(Oc2ccccc2)cc1)N1CCOC(c2cnn(C)c2)C1.I. The summed E-state index contributed by atoms with van der Waals surface area (Å²) in [6, 6.07) is 17.9. The minimum absolute atomic E-state index is 0. The van der Waals surface area contributed by atoms with E-state index in [-0.39, 0.29) is 30.1 Å². The highest BCUT2D eigenvalue weighted by molar-refractivity contribution is 14.0. The summed E-state index contributed by atoms with van der Waals surface area (Å²) in [5.74, 6) is 2.53. The first-order chi connectivity index (χ1) is 14.7. The zero-order valence-electron chi connectivity index (χ0n) is 17.8. The van der Waals surface area contributed by atoms with Crippen molar-refractivity contribution < 1.29 is 9.47 Å². The first-order valence-electron chi connectivity index (χ1n) is 10.1. The molecule has 1 unspecified atom stereocenters. The van der Waals surface area contributed by atoms with Gasteiger partial charge in [0, 0.05) is 38.9 Å². The number of guanidine groups is 1. The Labute approximate surface area is 200 Å². The summed E-state index contributed by atoms with van der Waals surface area (Å²) in [6.07, 6.45) is 3.87. The number of hydrogen-bond donors (Lipinski definition) is 1. The molecule has 4 rings (SSSR count). The molecule has 1 atom stereocenters. The molecule has 2 heterocycles. The Morgan fingerprint density at radius 1 is 1.16 bits per heavy atom. The molecule has 0 spiro atoms. The lowest BCUT2D eigenvalue weighted by molar-refractivity contribution is -0.00805. The van der Waals surface area contributed by atoms with Gasteiger partial charge in [0.1, 0.15) is 17.6 Å². The summed E-state index contributed by atoms with van der Waals surface area (Å²) in [5.41, 5.74) is 2.25. The molecule has 1 N–H and O–H groups in total. The third-order valence-electron chi connectivity index (χ3n) is 5.03. The Balaban J connectivity index is 0.00000272. The van der Waals surface area contributed by atoms with E-state index in [4.69, 9.17) is 9.47 Å². The van der Waals surface area contributed by atoms with E-state index in [1.54, 1.807) is 4.68 Å². The second-order valence-corrected chi connectivity index (χ2v) is 7.21. The molecule has 31 heavy (non-hydrogen) atoms. The van der Waals surface area contributed by atoms with Crippen LogP contribution in [0, 0.1) is 0 Å². The number of benzene rings is 2. The average Bonchev–Trinajstić information content (AvgIpc) is 3.23. The van der Waals surface area contributed by atoms with Gasteiger partial charge in [0.05, 0.1) is 19.3 Å². The number of nitrogens with one attached hydrogen (secondary N) is 1. The number of rotatable bonds is 5. The van der Waals surface area contributed by atoms with Gasteiger partial charge in [-0.2, -0.15) is 5.10 Å². The molecule has 8 heteroatoms. The number of morpholine rings is 1. The number of aliphatic imine (C=N–C) groups is 1. The standard InChI is InChI=1S/C23H27N5O2.HI/c1-24-23(28-12-13-29-22(17-28)19-15-26-27(2)16-19)25-14-18-8-10-21(11-9-18)30-20-6-4-3-5-7-20;/h3-11,15-16,22H,12-14,17H2,1-2H3,(H,24,25);1H. The monoisotopic (exact) mass is 533 g/mol. The summed E-state index contributed by atoms with van der Waals surface area (Å²) in [5, 5.41) is 7.71. The second kappa shape index (κ2) is 11.1. The van der Waals surface area contributed by atoms with Crippen molar-refractivity contribution in [1.82, 2.24) is 20.0 Å². The van der Waals surface area contributed by atoms with Gasteiger partial charge in [0.15, 0.2) is 5.96 Å². The normalized spacial score (nSPS) is 16.5. The van der Waals surface area contributed by atoms with Gasteiger partial charge in [-0.05, 0) is 29.8 Å². The molecular weight excluding hydrogens is 505 g/mol. The highest BCUT2D eigenvalue weighted by Gasteiger charge is 2.25. The van der Waals surface area contributed by atoms with Crippen LogP contribution in [0.25, 0.3) is 0 Å². The van der Waals surface area contributed by atoms with Crippen molar-refractivity contribution in [2.45, 2.75) is 12.6 Å². The van der Waals surface area contributed by atoms with Crippen molar-refractivity contribution in [2.75, 3.05) is 26.7 Å². The van der Waals surface area contributed by atoms with Gasteiger partial charge in [-0.15, -0.1) is 24.0 Å². The van der Waals surface area contributed by atoms with Crippen LogP contribution in [-0.4, -0.2) is 47.4 Å². The van der Waals surface area contributed by atoms with Gasteiger partial charge in [-0.3, -0.25) is 9.67 Å². The summed E-state index contributed by atoms with van der Waals surface area (Å²) < 4.78 is 13.6. The van der Waals surface area contributed by atoms with Gasteiger partial charge in [0.2, 0.25) is 0 Å². The minimum Gasteiger partial charge on any atom is -0.457 e. The van der Waals surface area contributed by atoms with Crippen molar-refractivity contribution >= 4 is 29.9 Å². The van der Waals surface area contributed by atoms with Crippen LogP contribution < -0.4 is 10.1 Å². The highest BCUT2D eigenvalue weighted by Crippen LogP contribution is 2.22. The van der Waals surface area contributed by atoms with E-state index < -0.39 is 0 Å². The fourth-order valence-electron chi connectivity index (χ4n) is 3.46. The predicted octanol–water partition coefficient (Wildman–Crippen LogP) is 3.98. The molecule has 0 aliphatic carbocycles. The summed E-state index contributed by atoms with van der Waals surface area (Å²) in [4.78, 5) is 6.69. The second-order valence-electron chi connectivity index (χ2n) is 7.21. The van der Waals surface area contributed by atoms with E-state index >= 15 is 0 Å². The number of aromatic nitrogens is 2. The molecule has 1 saturated heterocycles. The topological polar surface area (TPSA) is 63.9 Å². The van der Waals surface area contributed by atoms with Crippen molar-refractivity contribution in [3.05, 3.63) is 78.1 Å². The smallest absolute Gasteiger partial charge is 0.194 e. The molecule has 2 aromatic carbocycles. The maximum absolute atomic E-state index is 5.94.